The number of hydrogen-bond donors (Lipinski definition) is 1. The van der Waals surface area contributed by atoms with Crippen LogP contribution in [0.2, 0.25) is 0 Å². The van der Waals surface area contributed by atoms with E-state index in [2.05, 4.69) is 14.7 Å². The van der Waals surface area contributed by atoms with Crippen LogP contribution in [0.5, 0.6) is 0 Å². The molecule has 0 saturated heterocycles. The Morgan fingerprint density at radius 3 is 2.79 bits per heavy atom. The summed E-state index contributed by atoms with van der Waals surface area (Å²) in [4.78, 5) is 17.3. The topological polar surface area (TPSA) is 59.5 Å². The minimum absolute atomic E-state index is 0.0963. The quantitative estimate of drug-likeness (QED) is 0.459. The van der Waals surface area contributed by atoms with Crippen molar-refractivity contribution >= 4 is 11.4 Å². The predicted octanol–water partition coefficient (Wildman–Crippen LogP) is 4.14. The number of aryl methyl sites for hydroxylation is 1. The van der Waals surface area contributed by atoms with Gasteiger partial charge in [0.1, 0.15) is 17.4 Å². The van der Waals surface area contributed by atoms with E-state index in [0.717, 1.165) is 35.5 Å². The molecule has 1 N–H and O–H groups in total. The van der Waals surface area contributed by atoms with Crippen molar-refractivity contribution in [2.24, 2.45) is 0 Å². The zero-order chi connectivity index (χ0) is 20.1. The SMILES string of the molecule is O=C(NCCCc1ncc2ccccn12)C(Cc1ccco1)c1ccc(F)cc1. The summed E-state index contributed by atoms with van der Waals surface area (Å²) in [5.74, 6) is 0.840. The van der Waals surface area contributed by atoms with Crippen LogP contribution in [0.3, 0.4) is 0 Å². The third-order valence-corrected chi connectivity index (χ3v) is 4.97. The molecule has 6 heteroatoms. The summed E-state index contributed by atoms with van der Waals surface area (Å²) in [6.45, 7) is 0.538. The van der Waals surface area contributed by atoms with E-state index in [0.29, 0.717) is 13.0 Å². The van der Waals surface area contributed by atoms with Crippen molar-refractivity contribution < 1.29 is 13.6 Å². The summed E-state index contributed by atoms with van der Waals surface area (Å²) in [5, 5.41) is 3.01. The Bertz CT molecular complexity index is 1070. The van der Waals surface area contributed by atoms with Crippen molar-refractivity contribution in [2.45, 2.75) is 25.2 Å². The molecule has 0 bridgehead atoms. The van der Waals surface area contributed by atoms with Gasteiger partial charge in [-0.05, 0) is 48.4 Å². The Morgan fingerprint density at radius 1 is 1.14 bits per heavy atom. The number of furan rings is 1. The number of imidazole rings is 1. The van der Waals surface area contributed by atoms with Gasteiger partial charge in [0.2, 0.25) is 5.91 Å². The lowest BCUT2D eigenvalue weighted by Crippen LogP contribution is -2.31. The van der Waals surface area contributed by atoms with Gasteiger partial charge in [0.25, 0.3) is 0 Å². The third-order valence-electron chi connectivity index (χ3n) is 4.97. The summed E-state index contributed by atoms with van der Waals surface area (Å²) in [5.41, 5.74) is 1.82. The van der Waals surface area contributed by atoms with Crippen molar-refractivity contribution in [3.63, 3.8) is 0 Å². The largest absolute Gasteiger partial charge is 0.469 e. The van der Waals surface area contributed by atoms with Crippen molar-refractivity contribution in [1.82, 2.24) is 14.7 Å². The lowest BCUT2D eigenvalue weighted by molar-refractivity contribution is -0.122. The van der Waals surface area contributed by atoms with Gasteiger partial charge in [-0.25, -0.2) is 9.37 Å². The van der Waals surface area contributed by atoms with E-state index < -0.39 is 5.92 Å². The van der Waals surface area contributed by atoms with Gasteiger partial charge in [0, 0.05) is 25.6 Å². The monoisotopic (exact) mass is 391 g/mol. The van der Waals surface area contributed by atoms with E-state index in [9.17, 15) is 9.18 Å². The first-order valence-corrected chi connectivity index (χ1v) is 9.67. The standard InChI is InChI=1S/C23H22FN3O2/c24-18-10-8-17(9-11-18)21(15-20-6-4-14-29-20)23(28)25-12-3-7-22-26-16-19-5-1-2-13-27(19)22/h1-2,4-6,8-11,13-14,16,21H,3,7,12,15H2,(H,25,28). The first-order valence-electron chi connectivity index (χ1n) is 9.67. The number of carbonyl (C=O) groups excluding carboxylic acids is 1. The highest BCUT2D eigenvalue weighted by atomic mass is 19.1. The van der Waals surface area contributed by atoms with E-state index >= 15 is 0 Å². The lowest BCUT2D eigenvalue weighted by atomic mass is 9.93. The van der Waals surface area contributed by atoms with Crippen molar-refractivity contribution in [3.05, 3.63) is 96.2 Å². The van der Waals surface area contributed by atoms with Crippen LogP contribution in [0.25, 0.3) is 5.52 Å². The van der Waals surface area contributed by atoms with E-state index in [1.807, 2.05) is 36.7 Å². The van der Waals surface area contributed by atoms with Gasteiger partial charge in [0.05, 0.1) is 23.9 Å². The Kier molecular flexibility index (Phi) is 5.70. The number of aromatic nitrogens is 2. The van der Waals surface area contributed by atoms with Crippen LogP contribution >= 0.6 is 0 Å². The number of rotatable bonds is 8. The van der Waals surface area contributed by atoms with Crippen molar-refractivity contribution in [2.75, 3.05) is 6.54 Å². The minimum atomic E-state index is -0.436. The van der Waals surface area contributed by atoms with Crippen LogP contribution in [-0.4, -0.2) is 21.8 Å². The maximum Gasteiger partial charge on any atom is 0.228 e. The van der Waals surface area contributed by atoms with Crippen LogP contribution in [0, 0.1) is 5.82 Å². The van der Waals surface area contributed by atoms with Gasteiger partial charge < -0.3 is 14.1 Å². The van der Waals surface area contributed by atoms with Gasteiger partial charge in [-0.1, -0.05) is 18.2 Å². The molecule has 1 aromatic carbocycles. The molecule has 0 spiro atoms. The molecule has 4 aromatic rings. The summed E-state index contributed by atoms with van der Waals surface area (Å²) in [6.07, 6.45) is 7.39. The van der Waals surface area contributed by atoms with Gasteiger partial charge in [0.15, 0.2) is 0 Å². The van der Waals surface area contributed by atoms with E-state index in [-0.39, 0.29) is 11.7 Å². The Labute approximate surface area is 168 Å². The molecule has 5 nitrogen and oxygen atoms in total. The van der Waals surface area contributed by atoms with Gasteiger partial charge in [-0.3, -0.25) is 4.79 Å². The molecule has 29 heavy (non-hydrogen) atoms. The summed E-state index contributed by atoms with van der Waals surface area (Å²) >= 11 is 0. The van der Waals surface area contributed by atoms with Crippen LogP contribution < -0.4 is 5.32 Å². The van der Waals surface area contributed by atoms with Gasteiger partial charge in [-0.2, -0.15) is 0 Å². The fourth-order valence-electron chi connectivity index (χ4n) is 3.45. The van der Waals surface area contributed by atoms with E-state index in [1.165, 1.54) is 12.1 Å². The molecule has 0 aliphatic carbocycles. The van der Waals surface area contributed by atoms with Crippen molar-refractivity contribution in [1.29, 1.82) is 0 Å². The van der Waals surface area contributed by atoms with Crippen LogP contribution in [0.4, 0.5) is 4.39 Å². The third kappa shape index (κ3) is 4.54. The second-order valence-corrected chi connectivity index (χ2v) is 6.95. The Hall–Kier alpha value is -3.41. The number of halogens is 1. The molecule has 1 atom stereocenters. The summed E-state index contributed by atoms with van der Waals surface area (Å²) in [7, 11) is 0. The molecule has 0 aliphatic heterocycles. The zero-order valence-electron chi connectivity index (χ0n) is 15.9. The highest BCUT2D eigenvalue weighted by Gasteiger charge is 2.22. The lowest BCUT2D eigenvalue weighted by Gasteiger charge is -2.16. The first-order chi connectivity index (χ1) is 14.2. The predicted molar refractivity (Wildman–Crippen MR) is 108 cm³/mol. The molecule has 0 aliphatic rings. The number of carbonyl (C=O) groups is 1. The van der Waals surface area contributed by atoms with E-state index in [1.54, 1.807) is 24.5 Å². The molecular weight excluding hydrogens is 369 g/mol. The van der Waals surface area contributed by atoms with Crippen molar-refractivity contribution in [3.8, 4) is 0 Å². The van der Waals surface area contributed by atoms with Crippen LogP contribution in [-0.2, 0) is 17.6 Å². The minimum Gasteiger partial charge on any atom is -0.469 e. The maximum absolute atomic E-state index is 13.3. The number of amides is 1. The van der Waals surface area contributed by atoms with Crippen LogP contribution in [0.15, 0.2) is 77.7 Å². The van der Waals surface area contributed by atoms with Gasteiger partial charge >= 0.3 is 0 Å². The second-order valence-electron chi connectivity index (χ2n) is 6.95. The average molecular weight is 391 g/mol. The maximum atomic E-state index is 13.3. The van der Waals surface area contributed by atoms with Gasteiger partial charge in [-0.15, -0.1) is 0 Å². The summed E-state index contributed by atoms with van der Waals surface area (Å²) < 4.78 is 20.8. The highest BCUT2D eigenvalue weighted by Crippen LogP contribution is 2.22. The summed E-state index contributed by atoms with van der Waals surface area (Å²) in [6, 6.07) is 15.7. The molecule has 3 aromatic heterocycles. The zero-order valence-corrected chi connectivity index (χ0v) is 15.9. The number of hydrogen-bond acceptors (Lipinski definition) is 3. The molecule has 0 saturated carbocycles. The first kappa shape index (κ1) is 18.9. The molecule has 4 rings (SSSR count). The number of pyridine rings is 1. The molecule has 148 valence electrons. The second kappa shape index (κ2) is 8.73. The Balaban J connectivity index is 1.37. The molecule has 3 heterocycles. The number of nitrogens with one attached hydrogen (secondary N) is 1. The molecule has 1 unspecified atom stereocenters. The molecule has 1 amide bonds. The number of nitrogens with zero attached hydrogens (tertiary/aromatic N) is 2. The normalized spacial score (nSPS) is 12.2. The Morgan fingerprint density at radius 2 is 2.00 bits per heavy atom. The molecule has 0 radical (unpaired) electrons. The fraction of sp³-hybridized carbons (Fsp3) is 0.217. The highest BCUT2D eigenvalue weighted by molar-refractivity contribution is 5.83. The smallest absolute Gasteiger partial charge is 0.228 e. The number of benzene rings is 1. The number of fused-ring (bicyclic) bond motifs is 1. The molecule has 0 fully saturated rings. The fourth-order valence-corrected chi connectivity index (χ4v) is 3.45. The van der Waals surface area contributed by atoms with Crippen LogP contribution in [0.1, 0.15) is 29.5 Å². The average Bonchev–Trinajstić information content (AvgIpc) is 3.40. The van der Waals surface area contributed by atoms with E-state index in [4.69, 9.17) is 4.42 Å². The molecular formula is C23H22FN3O2.